The lowest BCUT2D eigenvalue weighted by Crippen LogP contribution is -2.56. The maximum absolute atomic E-state index is 11.0. The van der Waals surface area contributed by atoms with Crippen LogP contribution in [0.3, 0.4) is 0 Å². The Kier molecular flexibility index (Phi) is 3.85. The van der Waals surface area contributed by atoms with Gasteiger partial charge in [-0.25, -0.2) is 0 Å². The Morgan fingerprint density at radius 2 is 2.19 bits per heavy atom. The molecule has 0 unspecified atom stereocenters. The second-order valence-corrected chi connectivity index (χ2v) is 9.81. The van der Waals surface area contributed by atoms with Crippen molar-refractivity contribution in [2.24, 2.45) is 9.98 Å². The van der Waals surface area contributed by atoms with Gasteiger partial charge in [0.1, 0.15) is 14.7 Å². The third kappa shape index (κ3) is 3.16. The highest BCUT2D eigenvalue weighted by atomic mass is 28.3. The largest absolute Gasteiger partial charge is 0.323 e. The average Bonchev–Trinajstić information content (AvgIpc) is 2.15. The molecule has 90 valence electrons. The second kappa shape index (κ2) is 4.78. The predicted molar refractivity (Wildman–Crippen MR) is 69.3 cm³/mol. The molecule has 0 saturated heterocycles. The smallest absolute Gasteiger partial charge is 0.245 e. The fourth-order valence-electron chi connectivity index (χ4n) is 1.37. The van der Waals surface area contributed by atoms with Crippen LogP contribution in [-0.4, -0.2) is 43.5 Å². The van der Waals surface area contributed by atoms with Gasteiger partial charge in [-0.15, -0.1) is 0 Å². The van der Waals surface area contributed by atoms with Crippen molar-refractivity contribution in [2.45, 2.75) is 33.5 Å². The van der Waals surface area contributed by atoms with Crippen LogP contribution in [0.1, 0.15) is 13.8 Å². The second-order valence-electron chi connectivity index (χ2n) is 4.83. The van der Waals surface area contributed by atoms with Gasteiger partial charge in [-0.2, -0.15) is 4.99 Å². The van der Waals surface area contributed by atoms with Crippen LogP contribution in [0, 0.1) is 0 Å². The number of amides is 1. The molecular formula is C10H20N4OSi. The van der Waals surface area contributed by atoms with Crippen molar-refractivity contribution in [2.75, 3.05) is 13.2 Å². The normalized spacial score (nSPS) is 19.4. The zero-order valence-electron chi connectivity index (χ0n) is 10.7. The Bertz CT molecular complexity index is 343. The van der Waals surface area contributed by atoms with E-state index in [1.165, 1.54) is 6.92 Å². The van der Waals surface area contributed by atoms with E-state index >= 15 is 0 Å². The molecule has 0 saturated carbocycles. The Balaban J connectivity index is 2.94. The Labute approximate surface area is 97.7 Å². The molecule has 5 nitrogen and oxygen atoms in total. The molecule has 6 heteroatoms. The van der Waals surface area contributed by atoms with Crippen LogP contribution in [0.15, 0.2) is 9.98 Å². The maximum Gasteiger partial charge on any atom is 0.245 e. The van der Waals surface area contributed by atoms with Gasteiger partial charge < -0.3 is 10.2 Å². The van der Waals surface area contributed by atoms with E-state index in [9.17, 15) is 4.79 Å². The molecular weight excluding hydrogens is 220 g/mol. The number of carbonyl (C=O) groups is 1. The fraction of sp³-hybridized carbons (Fsp3) is 0.700. The zero-order valence-corrected chi connectivity index (χ0v) is 11.7. The molecule has 0 fully saturated rings. The molecule has 1 rings (SSSR count). The molecule has 0 aromatic rings. The van der Waals surface area contributed by atoms with Crippen LogP contribution in [0.25, 0.3) is 0 Å². The van der Waals surface area contributed by atoms with E-state index in [-0.39, 0.29) is 5.91 Å². The van der Waals surface area contributed by atoms with E-state index in [1.54, 1.807) is 0 Å². The quantitative estimate of drug-likeness (QED) is 0.734. The first-order chi connectivity index (χ1) is 7.34. The van der Waals surface area contributed by atoms with Crippen molar-refractivity contribution in [1.29, 1.82) is 0 Å². The van der Waals surface area contributed by atoms with Crippen LogP contribution in [0.5, 0.6) is 0 Å². The molecule has 1 aliphatic rings. The monoisotopic (exact) mass is 240 g/mol. The summed E-state index contributed by atoms with van der Waals surface area (Å²) in [6, 6.07) is 0. The molecule has 0 spiro atoms. The Morgan fingerprint density at radius 1 is 1.56 bits per heavy atom. The fourth-order valence-corrected chi connectivity index (χ4v) is 2.40. The molecule has 1 amide bonds. The summed E-state index contributed by atoms with van der Waals surface area (Å²) in [7, 11) is -1.47. The molecule has 16 heavy (non-hydrogen) atoms. The van der Waals surface area contributed by atoms with Gasteiger partial charge in [-0.3, -0.25) is 9.79 Å². The molecule has 0 bridgehead atoms. The third-order valence-electron chi connectivity index (χ3n) is 2.28. The highest BCUT2D eigenvalue weighted by molar-refractivity contribution is 7.04. The molecule has 0 atom stereocenters. The molecule has 0 aromatic carbocycles. The van der Waals surface area contributed by atoms with Crippen molar-refractivity contribution in [1.82, 2.24) is 10.2 Å². The number of carbonyl (C=O) groups excluding carboxylic acids is 1. The SMILES string of the molecule is CCN1CN=C([Si](C)(C)C)NC1=NC(C)=O. The van der Waals surface area contributed by atoms with Gasteiger partial charge in [-0.1, -0.05) is 19.6 Å². The standard InChI is InChI=1S/C10H20N4OSi/c1-6-14-7-11-10(16(3,4)5)13-9(14)12-8(2)15/h6-7H2,1-5H3,(H,11,12,13,15). The summed E-state index contributed by atoms with van der Waals surface area (Å²) >= 11 is 0. The van der Waals surface area contributed by atoms with E-state index in [0.29, 0.717) is 12.6 Å². The first kappa shape index (κ1) is 12.9. The number of rotatable bonds is 2. The van der Waals surface area contributed by atoms with Crippen LogP contribution in [-0.2, 0) is 4.79 Å². The van der Waals surface area contributed by atoms with E-state index in [4.69, 9.17) is 0 Å². The number of guanidine groups is 1. The van der Waals surface area contributed by atoms with Gasteiger partial charge in [0, 0.05) is 13.5 Å². The summed E-state index contributed by atoms with van der Waals surface area (Å²) in [6.07, 6.45) is 0. The molecule has 0 aromatic heterocycles. The van der Waals surface area contributed by atoms with E-state index in [0.717, 1.165) is 12.0 Å². The first-order valence-corrected chi connectivity index (χ1v) is 9.00. The van der Waals surface area contributed by atoms with Gasteiger partial charge in [-0.05, 0) is 6.92 Å². The van der Waals surface area contributed by atoms with Gasteiger partial charge in [0.15, 0.2) is 0 Å². The summed E-state index contributed by atoms with van der Waals surface area (Å²) in [5, 5.41) is 3.19. The van der Waals surface area contributed by atoms with Gasteiger partial charge in [0.05, 0.1) is 5.46 Å². The summed E-state index contributed by atoms with van der Waals surface area (Å²) in [4.78, 5) is 21.5. The van der Waals surface area contributed by atoms with Crippen molar-refractivity contribution in [3.63, 3.8) is 0 Å². The van der Waals surface area contributed by atoms with Crippen LogP contribution in [0.4, 0.5) is 0 Å². The van der Waals surface area contributed by atoms with Crippen molar-refractivity contribution in [3.8, 4) is 0 Å². The minimum Gasteiger partial charge on any atom is -0.323 e. The number of amidine groups is 1. The lowest BCUT2D eigenvalue weighted by Gasteiger charge is -2.32. The summed E-state index contributed by atoms with van der Waals surface area (Å²) in [6.45, 7) is 11.5. The van der Waals surface area contributed by atoms with Gasteiger partial charge in [0.2, 0.25) is 11.9 Å². The molecule has 1 heterocycles. The molecule has 1 aliphatic heterocycles. The van der Waals surface area contributed by atoms with E-state index in [2.05, 4.69) is 34.9 Å². The van der Waals surface area contributed by atoms with Crippen LogP contribution >= 0.6 is 0 Å². The Morgan fingerprint density at radius 3 is 2.62 bits per heavy atom. The van der Waals surface area contributed by atoms with Crippen LogP contribution < -0.4 is 5.32 Å². The van der Waals surface area contributed by atoms with Crippen molar-refractivity contribution in [3.05, 3.63) is 0 Å². The molecule has 1 N–H and O–H groups in total. The van der Waals surface area contributed by atoms with Crippen molar-refractivity contribution < 1.29 is 4.79 Å². The summed E-state index contributed by atoms with van der Waals surface area (Å²) < 4.78 is 0. The number of nitrogens with zero attached hydrogens (tertiary/aromatic N) is 3. The number of nitrogens with one attached hydrogen (secondary N) is 1. The molecule has 0 radical (unpaired) electrons. The van der Waals surface area contributed by atoms with Gasteiger partial charge in [0.25, 0.3) is 0 Å². The Hall–Kier alpha value is -1.17. The van der Waals surface area contributed by atoms with Crippen molar-refractivity contribution >= 4 is 25.4 Å². The summed E-state index contributed by atoms with van der Waals surface area (Å²) in [5.41, 5.74) is 1.01. The predicted octanol–water partition coefficient (Wildman–Crippen LogP) is 1.05. The van der Waals surface area contributed by atoms with Gasteiger partial charge >= 0.3 is 0 Å². The minimum absolute atomic E-state index is 0.183. The summed E-state index contributed by atoms with van der Waals surface area (Å²) in [5.74, 6) is 0.459. The van der Waals surface area contributed by atoms with Crippen LogP contribution in [0.2, 0.25) is 19.6 Å². The maximum atomic E-state index is 11.0. The topological polar surface area (TPSA) is 57.1 Å². The lowest BCUT2D eigenvalue weighted by molar-refractivity contribution is -0.115. The third-order valence-corrected chi connectivity index (χ3v) is 3.99. The number of hydrogen-bond donors (Lipinski definition) is 1. The average molecular weight is 240 g/mol. The zero-order chi connectivity index (χ0) is 12.3. The highest BCUT2D eigenvalue weighted by Crippen LogP contribution is 2.07. The number of hydrogen-bond acceptors (Lipinski definition) is 2. The first-order valence-electron chi connectivity index (χ1n) is 5.50. The highest BCUT2D eigenvalue weighted by Gasteiger charge is 2.27. The lowest BCUT2D eigenvalue weighted by atomic mass is 10.5. The minimum atomic E-state index is -1.47. The molecule has 0 aliphatic carbocycles. The van der Waals surface area contributed by atoms with E-state index in [1.807, 2.05) is 11.8 Å². The van der Waals surface area contributed by atoms with E-state index < -0.39 is 8.07 Å². The number of aliphatic imine (C=N–C) groups is 2.